The number of amides is 1. The number of aryl methyl sites for hydroxylation is 1. The molecule has 2 aliphatic rings. The van der Waals surface area contributed by atoms with Crippen LogP contribution in [0.2, 0.25) is 0 Å². The van der Waals surface area contributed by atoms with Crippen LogP contribution in [-0.4, -0.2) is 81.3 Å². The van der Waals surface area contributed by atoms with Crippen LogP contribution >= 0.6 is 0 Å². The number of fused-ring (bicyclic) bond motifs is 1. The first-order chi connectivity index (χ1) is 23.2. The van der Waals surface area contributed by atoms with Gasteiger partial charge in [-0.25, -0.2) is 4.63 Å². The lowest BCUT2D eigenvalue weighted by molar-refractivity contribution is -0.516. The Morgan fingerprint density at radius 2 is 1.75 bits per heavy atom. The molecular formula is C35H37N7O6. The minimum absolute atomic E-state index is 0.172. The second kappa shape index (κ2) is 14.7. The molecule has 0 spiro atoms. The monoisotopic (exact) mass is 651 g/mol. The average Bonchev–Trinajstić information content (AvgIpc) is 3.57. The number of piperazine rings is 1. The van der Waals surface area contributed by atoms with Crippen LogP contribution < -0.4 is 10.6 Å². The van der Waals surface area contributed by atoms with E-state index in [4.69, 9.17) is 4.63 Å². The Bertz CT molecular complexity index is 1830. The molecule has 1 aliphatic carbocycles. The molecule has 248 valence electrons. The molecule has 13 heteroatoms. The molecule has 0 bridgehead atoms. The number of nitrogens with one attached hydrogen (secondary N) is 2. The van der Waals surface area contributed by atoms with Crippen molar-refractivity contribution in [2.24, 2.45) is 0 Å². The number of carbonyl (C=O) groups excluding carboxylic acids is 1. The van der Waals surface area contributed by atoms with Crippen LogP contribution in [-0.2, 0) is 17.8 Å². The van der Waals surface area contributed by atoms with E-state index >= 15 is 0 Å². The normalized spacial score (nSPS) is 17.9. The number of anilines is 1. The van der Waals surface area contributed by atoms with Crippen molar-refractivity contribution in [2.75, 3.05) is 44.6 Å². The van der Waals surface area contributed by atoms with Gasteiger partial charge in [0.25, 0.3) is 11.9 Å². The Labute approximate surface area is 277 Å². The maximum atomic E-state index is 13.1. The van der Waals surface area contributed by atoms with Gasteiger partial charge in [0.05, 0.1) is 12.5 Å². The fourth-order valence-electron chi connectivity index (χ4n) is 6.29. The summed E-state index contributed by atoms with van der Waals surface area (Å²) >= 11 is 0. The Morgan fingerprint density at radius 1 is 0.979 bits per heavy atom. The lowest BCUT2D eigenvalue weighted by atomic mass is 9.96. The molecule has 0 saturated carbocycles. The van der Waals surface area contributed by atoms with Gasteiger partial charge in [0.2, 0.25) is 0 Å². The first-order valence-electron chi connectivity index (χ1n) is 15.9. The van der Waals surface area contributed by atoms with E-state index in [2.05, 4.69) is 55.9 Å². The van der Waals surface area contributed by atoms with Gasteiger partial charge in [-0.15, -0.1) is 0 Å². The number of hydrogen-bond donors (Lipinski definition) is 3. The molecule has 1 saturated heterocycles. The first-order valence-corrected chi connectivity index (χ1v) is 15.9. The minimum atomic E-state index is -1.02. The topological polar surface area (TPSA) is 167 Å². The molecule has 2 unspecified atom stereocenters. The van der Waals surface area contributed by atoms with Crippen LogP contribution in [0.25, 0.3) is 11.1 Å². The van der Waals surface area contributed by atoms with E-state index in [1.54, 1.807) is 36.4 Å². The number of carboxylic acid groups (broad SMARTS) is 1. The largest absolute Gasteiger partial charge is 0.481 e. The molecule has 0 radical (unpaired) electrons. The molecule has 1 aliphatic heterocycles. The van der Waals surface area contributed by atoms with E-state index < -0.39 is 16.9 Å². The van der Waals surface area contributed by atoms with Crippen molar-refractivity contribution in [2.45, 2.75) is 32.0 Å². The fourth-order valence-corrected chi connectivity index (χ4v) is 6.29. The predicted octanol–water partition coefficient (Wildman–Crippen LogP) is 4.26. The number of benzene rings is 3. The van der Waals surface area contributed by atoms with E-state index in [-0.39, 0.29) is 24.1 Å². The lowest BCUT2D eigenvalue weighted by Gasteiger charge is -2.35. The standard InChI is InChI=1S/C35H37N7O6/c1-23-19-24(9-10-28(23)25-6-4-7-27(20-25)35(45)37-29-8-3-2-5-26(29)21-32(43)44)22-41-17-15-40(16-18-41)14-13-36-30-11-12-31(42(46)47)34-33(30)38-48-39-34/h2-12,19-20,30-31,36H,13-18,21-22H2,1H3,(H,37,45)(H,43,44). The highest BCUT2D eigenvalue weighted by Crippen LogP contribution is 2.30. The van der Waals surface area contributed by atoms with Crippen molar-refractivity contribution in [1.29, 1.82) is 0 Å². The molecule has 1 amide bonds. The maximum Gasteiger partial charge on any atom is 0.307 e. The van der Waals surface area contributed by atoms with Gasteiger partial charge in [0.15, 0.2) is 5.69 Å². The number of carboxylic acids is 1. The third kappa shape index (κ3) is 7.65. The summed E-state index contributed by atoms with van der Waals surface area (Å²) in [6.45, 7) is 8.23. The zero-order chi connectivity index (χ0) is 33.6. The summed E-state index contributed by atoms with van der Waals surface area (Å²) in [6.07, 6.45) is 3.11. The van der Waals surface area contributed by atoms with Gasteiger partial charge in [-0.05, 0) is 64.2 Å². The van der Waals surface area contributed by atoms with Crippen LogP contribution in [0.15, 0.2) is 83.5 Å². The van der Waals surface area contributed by atoms with Gasteiger partial charge in [-0.3, -0.25) is 29.5 Å². The second-order valence-corrected chi connectivity index (χ2v) is 12.1. The molecule has 3 N–H and O–H groups in total. The number of aliphatic carboxylic acids is 1. The molecule has 3 aromatic carbocycles. The van der Waals surface area contributed by atoms with E-state index in [1.807, 2.05) is 18.2 Å². The van der Waals surface area contributed by atoms with Crippen molar-refractivity contribution in [1.82, 2.24) is 25.4 Å². The molecule has 13 nitrogen and oxygen atoms in total. The molecule has 2 atom stereocenters. The van der Waals surface area contributed by atoms with E-state index in [9.17, 15) is 24.8 Å². The smallest absolute Gasteiger partial charge is 0.307 e. The summed E-state index contributed by atoms with van der Waals surface area (Å²) in [5.41, 5.74) is 6.59. The third-order valence-electron chi connectivity index (χ3n) is 8.83. The number of rotatable bonds is 12. The first kappa shape index (κ1) is 32.7. The number of hydrogen-bond acceptors (Lipinski definition) is 10. The van der Waals surface area contributed by atoms with Gasteiger partial charge >= 0.3 is 5.97 Å². The van der Waals surface area contributed by atoms with E-state index in [1.165, 1.54) is 11.6 Å². The lowest BCUT2D eigenvalue weighted by Crippen LogP contribution is -2.47. The van der Waals surface area contributed by atoms with Gasteiger partial charge in [-0.1, -0.05) is 59.8 Å². The van der Waals surface area contributed by atoms with Gasteiger partial charge in [0, 0.05) is 62.0 Å². The van der Waals surface area contributed by atoms with E-state index in [0.717, 1.165) is 56.0 Å². The molecule has 6 rings (SSSR count). The Morgan fingerprint density at radius 3 is 2.52 bits per heavy atom. The van der Waals surface area contributed by atoms with Gasteiger partial charge in [0.1, 0.15) is 5.69 Å². The second-order valence-electron chi connectivity index (χ2n) is 12.1. The van der Waals surface area contributed by atoms with Gasteiger partial charge in [-0.2, -0.15) is 0 Å². The summed E-state index contributed by atoms with van der Waals surface area (Å²) in [7, 11) is 0. The highest BCUT2D eigenvalue weighted by atomic mass is 16.6. The predicted molar refractivity (Wildman–Crippen MR) is 178 cm³/mol. The number of para-hydroxylation sites is 1. The number of aromatic nitrogens is 2. The van der Waals surface area contributed by atoms with Crippen LogP contribution in [0.5, 0.6) is 0 Å². The molecule has 1 aromatic heterocycles. The quantitative estimate of drug-likeness (QED) is 0.114. The third-order valence-corrected chi connectivity index (χ3v) is 8.83. The fraction of sp³-hybridized carbons (Fsp3) is 0.314. The maximum absolute atomic E-state index is 13.1. The van der Waals surface area contributed by atoms with Gasteiger partial charge < -0.3 is 15.7 Å². The highest BCUT2D eigenvalue weighted by molar-refractivity contribution is 6.05. The summed E-state index contributed by atoms with van der Waals surface area (Å²) in [5.74, 6) is -1.25. The van der Waals surface area contributed by atoms with Crippen LogP contribution in [0.1, 0.15) is 50.5 Å². The van der Waals surface area contributed by atoms with E-state index in [0.29, 0.717) is 29.1 Å². The average molecular weight is 652 g/mol. The van der Waals surface area contributed by atoms with Crippen LogP contribution in [0, 0.1) is 17.0 Å². The summed E-state index contributed by atoms with van der Waals surface area (Å²) in [4.78, 5) is 40.1. The molecular weight excluding hydrogens is 614 g/mol. The zero-order valence-electron chi connectivity index (χ0n) is 26.5. The molecule has 1 fully saturated rings. The Balaban J connectivity index is 0.993. The SMILES string of the molecule is Cc1cc(CN2CCN(CCNC3C=CC([N+](=O)[O-])c4nonc43)CC2)ccc1-c1cccc(C(=O)Nc2ccccc2CC(=O)O)c1. The molecule has 48 heavy (non-hydrogen) atoms. The molecule has 4 aromatic rings. The summed E-state index contributed by atoms with van der Waals surface area (Å²) in [5, 5.41) is 34.4. The highest BCUT2D eigenvalue weighted by Gasteiger charge is 2.35. The van der Waals surface area contributed by atoms with Crippen LogP contribution in [0.4, 0.5) is 5.69 Å². The number of carbonyl (C=O) groups is 2. The minimum Gasteiger partial charge on any atom is -0.481 e. The molecule has 2 heterocycles. The van der Waals surface area contributed by atoms with Crippen molar-refractivity contribution in [3.63, 3.8) is 0 Å². The Hall–Kier alpha value is -5.24. The number of nitro groups is 1. The summed E-state index contributed by atoms with van der Waals surface area (Å²) in [6, 6.07) is 19.6. The van der Waals surface area contributed by atoms with Crippen molar-refractivity contribution in [3.8, 4) is 11.1 Å². The Kier molecular flexibility index (Phi) is 9.99. The zero-order valence-corrected chi connectivity index (χ0v) is 26.5. The summed E-state index contributed by atoms with van der Waals surface area (Å²) < 4.78 is 4.79. The van der Waals surface area contributed by atoms with Crippen molar-refractivity contribution >= 4 is 17.6 Å². The van der Waals surface area contributed by atoms with Crippen molar-refractivity contribution < 1.29 is 24.2 Å². The number of nitrogens with zero attached hydrogens (tertiary/aromatic N) is 5. The van der Waals surface area contributed by atoms with Crippen LogP contribution in [0.3, 0.4) is 0 Å². The van der Waals surface area contributed by atoms with Crippen molar-refractivity contribution in [3.05, 3.63) is 123 Å².